The predicted octanol–water partition coefficient (Wildman–Crippen LogP) is 4.88. The first-order chi connectivity index (χ1) is 10.7. The Morgan fingerprint density at radius 2 is 1.91 bits per heavy atom. The highest BCUT2D eigenvalue weighted by atomic mass is 32.2. The summed E-state index contributed by atoms with van der Waals surface area (Å²) >= 11 is 1.99. The SMILES string of the molecule is COc1ccc2c(c1)C1(Sc3ccccc3)CCC1(C)CO2. The molecule has 1 aliphatic heterocycles. The Labute approximate surface area is 135 Å². The van der Waals surface area contributed by atoms with Gasteiger partial charge in [0.1, 0.15) is 11.5 Å². The molecular weight excluding hydrogens is 292 g/mol. The Bertz CT molecular complexity index is 700. The first-order valence-electron chi connectivity index (χ1n) is 7.72. The van der Waals surface area contributed by atoms with Crippen molar-refractivity contribution in [2.24, 2.45) is 5.41 Å². The van der Waals surface area contributed by atoms with Gasteiger partial charge in [0.25, 0.3) is 0 Å². The minimum absolute atomic E-state index is 0.0937. The quantitative estimate of drug-likeness (QED) is 0.805. The van der Waals surface area contributed by atoms with Crippen LogP contribution < -0.4 is 9.47 Å². The summed E-state index contributed by atoms with van der Waals surface area (Å²) in [6.07, 6.45) is 2.40. The molecule has 1 aliphatic carbocycles. The zero-order chi connectivity index (χ0) is 15.2. The molecule has 2 aromatic carbocycles. The van der Waals surface area contributed by atoms with Gasteiger partial charge in [-0.1, -0.05) is 25.1 Å². The van der Waals surface area contributed by atoms with E-state index in [2.05, 4.69) is 49.4 Å². The topological polar surface area (TPSA) is 18.5 Å². The van der Waals surface area contributed by atoms with E-state index in [0.717, 1.165) is 18.1 Å². The summed E-state index contributed by atoms with van der Waals surface area (Å²) in [6, 6.07) is 16.9. The standard InChI is InChI=1S/C19H20O2S/c1-18-10-11-19(18,22-15-6-4-3-5-7-15)16-12-14(20-2)8-9-17(16)21-13-18/h3-9,12H,10-11,13H2,1-2H3. The summed E-state index contributed by atoms with van der Waals surface area (Å²) in [5.74, 6) is 1.92. The minimum Gasteiger partial charge on any atom is -0.497 e. The molecule has 2 atom stereocenters. The lowest BCUT2D eigenvalue weighted by Crippen LogP contribution is -2.56. The highest BCUT2D eigenvalue weighted by molar-refractivity contribution is 8.00. The molecule has 2 unspecified atom stereocenters. The van der Waals surface area contributed by atoms with Crippen LogP contribution in [0.2, 0.25) is 0 Å². The maximum Gasteiger partial charge on any atom is 0.124 e. The molecule has 2 aromatic rings. The number of hydrogen-bond donors (Lipinski definition) is 0. The summed E-state index contributed by atoms with van der Waals surface area (Å²) in [6.45, 7) is 3.15. The Morgan fingerprint density at radius 1 is 1.09 bits per heavy atom. The van der Waals surface area contributed by atoms with E-state index in [4.69, 9.17) is 9.47 Å². The Morgan fingerprint density at radius 3 is 2.59 bits per heavy atom. The van der Waals surface area contributed by atoms with Crippen LogP contribution in [0.4, 0.5) is 0 Å². The lowest BCUT2D eigenvalue weighted by atomic mass is 9.57. The number of hydrogen-bond acceptors (Lipinski definition) is 3. The maximum absolute atomic E-state index is 6.05. The van der Waals surface area contributed by atoms with Gasteiger partial charge in [0.15, 0.2) is 0 Å². The number of methoxy groups -OCH3 is 1. The Hall–Kier alpha value is -1.61. The van der Waals surface area contributed by atoms with E-state index in [1.54, 1.807) is 7.11 Å². The van der Waals surface area contributed by atoms with Crippen molar-refractivity contribution in [1.82, 2.24) is 0 Å². The van der Waals surface area contributed by atoms with Gasteiger partial charge in [-0.05, 0) is 43.2 Å². The van der Waals surface area contributed by atoms with Crippen molar-refractivity contribution in [3.63, 3.8) is 0 Å². The second-order valence-electron chi connectivity index (χ2n) is 6.45. The third-order valence-electron chi connectivity index (χ3n) is 5.21. The van der Waals surface area contributed by atoms with Gasteiger partial charge in [-0.2, -0.15) is 0 Å². The molecule has 0 amide bonds. The molecule has 0 bridgehead atoms. The number of benzene rings is 2. The normalized spacial score (nSPS) is 28.8. The van der Waals surface area contributed by atoms with E-state index in [-0.39, 0.29) is 10.2 Å². The fourth-order valence-electron chi connectivity index (χ4n) is 3.66. The van der Waals surface area contributed by atoms with Crippen LogP contribution in [0.15, 0.2) is 53.4 Å². The summed E-state index contributed by atoms with van der Waals surface area (Å²) in [4.78, 5) is 1.32. The molecule has 0 saturated heterocycles. The lowest BCUT2D eigenvalue weighted by molar-refractivity contribution is 0.00164. The van der Waals surface area contributed by atoms with Crippen LogP contribution in [0.25, 0.3) is 0 Å². The molecule has 2 nitrogen and oxygen atoms in total. The monoisotopic (exact) mass is 312 g/mol. The molecule has 1 fully saturated rings. The van der Waals surface area contributed by atoms with Crippen LogP contribution in [-0.2, 0) is 4.75 Å². The highest BCUT2D eigenvalue weighted by Gasteiger charge is 2.61. The molecule has 4 rings (SSSR count). The molecule has 22 heavy (non-hydrogen) atoms. The van der Waals surface area contributed by atoms with E-state index in [9.17, 15) is 0 Å². The number of fused-ring (bicyclic) bond motifs is 3. The average Bonchev–Trinajstić information content (AvgIpc) is 2.56. The van der Waals surface area contributed by atoms with Crippen LogP contribution in [0.5, 0.6) is 11.5 Å². The van der Waals surface area contributed by atoms with Crippen LogP contribution >= 0.6 is 11.8 Å². The Balaban J connectivity index is 1.83. The molecule has 114 valence electrons. The second-order valence-corrected chi connectivity index (χ2v) is 7.83. The van der Waals surface area contributed by atoms with Gasteiger partial charge < -0.3 is 9.47 Å². The van der Waals surface area contributed by atoms with E-state index < -0.39 is 0 Å². The summed E-state index contributed by atoms with van der Waals surface area (Å²) < 4.78 is 11.6. The van der Waals surface area contributed by atoms with Gasteiger partial charge in [0, 0.05) is 15.9 Å². The molecular formula is C19H20O2S. The van der Waals surface area contributed by atoms with Gasteiger partial charge in [-0.3, -0.25) is 0 Å². The minimum atomic E-state index is 0.0937. The predicted molar refractivity (Wildman–Crippen MR) is 89.8 cm³/mol. The highest BCUT2D eigenvalue weighted by Crippen LogP contribution is 2.69. The molecule has 0 radical (unpaired) electrons. The summed E-state index contributed by atoms with van der Waals surface area (Å²) in [7, 11) is 1.72. The van der Waals surface area contributed by atoms with E-state index >= 15 is 0 Å². The van der Waals surface area contributed by atoms with Crippen LogP contribution in [0, 0.1) is 5.41 Å². The van der Waals surface area contributed by atoms with Gasteiger partial charge in [-0.15, -0.1) is 11.8 Å². The zero-order valence-corrected chi connectivity index (χ0v) is 13.8. The number of thioether (sulfide) groups is 1. The van der Waals surface area contributed by atoms with Crippen LogP contribution in [-0.4, -0.2) is 13.7 Å². The molecule has 1 heterocycles. The molecule has 0 spiro atoms. The van der Waals surface area contributed by atoms with E-state index in [1.807, 2.05) is 17.8 Å². The summed E-state index contributed by atoms with van der Waals surface area (Å²) in [5, 5.41) is 0. The fourth-order valence-corrected chi connectivity index (χ4v) is 5.24. The molecule has 2 aliphatic rings. The fraction of sp³-hybridized carbons (Fsp3) is 0.368. The molecule has 0 N–H and O–H groups in total. The van der Waals surface area contributed by atoms with Crippen molar-refractivity contribution in [3.05, 3.63) is 54.1 Å². The Kier molecular flexibility index (Phi) is 3.15. The third-order valence-corrected chi connectivity index (χ3v) is 6.98. The van der Waals surface area contributed by atoms with Gasteiger partial charge in [0.2, 0.25) is 0 Å². The number of ether oxygens (including phenoxy) is 2. The second kappa shape index (κ2) is 4.95. The summed E-state index contributed by atoms with van der Waals surface area (Å²) in [5.41, 5.74) is 1.48. The van der Waals surface area contributed by atoms with Gasteiger partial charge in [-0.25, -0.2) is 0 Å². The first-order valence-corrected chi connectivity index (χ1v) is 8.54. The molecule has 3 heteroatoms. The smallest absolute Gasteiger partial charge is 0.124 e. The zero-order valence-electron chi connectivity index (χ0n) is 13.0. The van der Waals surface area contributed by atoms with E-state index in [0.29, 0.717) is 0 Å². The third kappa shape index (κ3) is 1.88. The van der Waals surface area contributed by atoms with Crippen molar-refractivity contribution in [3.8, 4) is 11.5 Å². The van der Waals surface area contributed by atoms with Crippen LogP contribution in [0.1, 0.15) is 25.3 Å². The molecule has 1 saturated carbocycles. The average molecular weight is 312 g/mol. The van der Waals surface area contributed by atoms with Gasteiger partial charge in [0.05, 0.1) is 18.5 Å². The largest absolute Gasteiger partial charge is 0.497 e. The first kappa shape index (κ1) is 14.0. The van der Waals surface area contributed by atoms with Crippen molar-refractivity contribution in [2.75, 3.05) is 13.7 Å². The van der Waals surface area contributed by atoms with Crippen molar-refractivity contribution < 1.29 is 9.47 Å². The molecule has 0 aromatic heterocycles. The van der Waals surface area contributed by atoms with Gasteiger partial charge >= 0.3 is 0 Å². The maximum atomic E-state index is 6.05. The van der Waals surface area contributed by atoms with E-state index in [1.165, 1.54) is 23.3 Å². The number of rotatable bonds is 3. The lowest BCUT2D eigenvalue weighted by Gasteiger charge is -2.60. The van der Waals surface area contributed by atoms with Crippen molar-refractivity contribution in [2.45, 2.75) is 29.4 Å². The van der Waals surface area contributed by atoms with Crippen LogP contribution in [0.3, 0.4) is 0 Å². The van der Waals surface area contributed by atoms with Crippen molar-refractivity contribution >= 4 is 11.8 Å². The van der Waals surface area contributed by atoms with Crippen molar-refractivity contribution in [1.29, 1.82) is 0 Å².